The molecule has 3 heterocycles. The van der Waals surface area contributed by atoms with Gasteiger partial charge in [0.25, 0.3) is 11.5 Å². The number of fused-ring (bicyclic) bond motifs is 1. The molecule has 0 unspecified atom stereocenters. The molecule has 0 atom stereocenters. The number of para-hydroxylation sites is 2. The molecule has 0 radical (unpaired) electrons. The van der Waals surface area contributed by atoms with Gasteiger partial charge in [-0.3, -0.25) is 14.2 Å². The largest absolute Gasteiger partial charge is 0.492 e. The molecule has 1 amide bonds. The number of aromatic nitrogens is 6. The van der Waals surface area contributed by atoms with Crippen LogP contribution in [0.1, 0.15) is 41.9 Å². The smallest absolute Gasteiger partial charge is 0.266 e. The summed E-state index contributed by atoms with van der Waals surface area (Å²) >= 11 is 0. The molecule has 0 aliphatic heterocycles. The fourth-order valence-corrected chi connectivity index (χ4v) is 4.83. The number of nitrogens with zero attached hydrogens (tertiary/aromatic N) is 5. The molecule has 2 N–H and O–H groups in total. The van der Waals surface area contributed by atoms with E-state index in [0.717, 1.165) is 6.20 Å². The van der Waals surface area contributed by atoms with E-state index < -0.39 is 5.82 Å². The van der Waals surface area contributed by atoms with Crippen molar-refractivity contribution in [1.82, 2.24) is 35.0 Å². The number of hydrogen-bond donors (Lipinski definition) is 2. The molecule has 6 rings (SSSR count). The number of aromatic amines is 1. The Hall–Kier alpha value is -4.93. The molecule has 1 aliphatic carbocycles. The number of H-pyrrole nitrogens is 1. The van der Waals surface area contributed by atoms with Crippen LogP contribution in [0.25, 0.3) is 28.2 Å². The minimum absolute atomic E-state index is 0.0548. The van der Waals surface area contributed by atoms with Gasteiger partial charge < -0.3 is 15.0 Å². The van der Waals surface area contributed by atoms with Crippen LogP contribution >= 0.6 is 0 Å². The second-order valence-electron chi connectivity index (χ2n) is 9.27. The molecule has 10 nitrogen and oxygen atoms in total. The predicted octanol–water partition coefficient (Wildman–Crippen LogP) is 3.78. The maximum Gasteiger partial charge on any atom is 0.266 e. The lowest BCUT2D eigenvalue weighted by atomic mass is 9.79. The monoisotopic (exact) mass is 525 g/mol. The van der Waals surface area contributed by atoms with E-state index in [1.165, 1.54) is 6.07 Å². The number of benzene rings is 2. The van der Waals surface area contributed by atoms with E-state index in [1.807, 2.05) is 6.92 Å². The molecule has 0 saturated heterocycles. The van der Waals surface area contributed by atoms with E-state index in [1.54, 1.807) is 59.3 Å². The van der Waals surface area contributed by atoms with Crippen molar-refractivity contribution in [2.45, 2.75) is 31.7 Å². The van der Waals surface area contributed by atoms with Crippen molar-refractivity contribution < 1.29 is 13.9 Å². The van der Waals surface area contributed by atoms with E-state index >= 15 is 0 Å². The fraction of sp³-hybridized carbons (Fsp3) is 0.214. The lowest BCUT2D eigenvalue weighted by Gasteiger charge is -2.35. The number of hydrogen-bond acceptors (Lipinski definition) is 7. The van der Waals surface area contributed by atoms with Crippen molar-refractivity contribution in [2.24, 2.45) is 0 Å². The van der Waals surface area contributed by atoms with Gasteiger partial charge in [0.1, 0.15) is 23.1 Å². The Morgan fingerprint density at radius 1 is 1.08 bits per heavy atom. The van der Waals surface area contributed by atoms with E-state index in [4.69, 9.17) is 4.74 Å². The van der Waals surface area contributed by atoms with Crippen LogP contribution in [0.5, 0.6) is 5.75 Å². The van der Waals surface area contributed by atoms with Gasteiger partial charge in [0.05, 0.1) is 41.3 Å². The third kappa shape index (κ3) is 4.63. The van der Waals surface area contributed by atoms with Gasteiger partial charge >= 0.3 is 0 Å². The van der Waals surface area contributed by atoms with Crippen LogP contribution in [0.15, 0.2) is 71.8 Å². The number of halogens is 1. The lowest BCUT2D eigenvalue weighted by Crippen LogP contribution is -2.44. The Balaban J connectivity index is 1.25. The molecule has 39 heavy (non-hydrogen) atoms. The second-order valence-corrected chi connectivity index (χ2v) is 9.27. The summed E-state index contributed by atoms with van der Waals surface area (Å²) < 4.78 is 22.2. The maximum atomic E-state index is 15.0. The molecular weight excluding hydrogens is 501 g/mol. The number of amides is 1. The minimum atomic E-state index is -0.406. The van der Waals surface area contributed by atoms with Gasteiger partial charge in [-0.05, 0) is 56.2 Å². The molecule has 1 aliphatic rings. The molecule has 1 saturated carbocycles. The molecule has 2 aromatic carbocycles. The highest BCUT2D eigenvalue weighted by molar-refractivity contribution is 6.04. The average molecular weight is 526 g/mol. The van der Waals surface area contributed by atoms with E-state index in [2.05, 4.69) is 30.5 Å². The third-order valence-corrected chi connectivity index (χ3v) is 6.75. The highest BCUT2D eigenvalue weighted by Gasteiger charge is 2.37. The van der Waals surface area contributed by atoms with Crippen LogP contribution in [0, 0.1) is 5.82 Å². The molecule has 5 aromatic rings. The van der Waals surface area contributed by atoms with Crippen molar-refractivity contribution >= 4 is 16.9 Å². The molecule has 0 spiro atoms. The highest BCUT2D eigenvalue weighted by atomic mass is 19.1. The van der Waals surface area contributed by atoms with E-state index in [0.29, 0.717) is 64.8 Å². The number of rotatable bonds is 7. The first kappa shape index (κ1) is 24.4. The summed E-state index contributed by atoms with van der Waals surface area (Å²) in [6.45, 7) is 2.41. The summed E-state index contributed by atoms with van der Waals surface area (Å²) in [5, 5.41) is 11.8. The Labute approximate surface area is 221 Å². The van der Waals surface area contributed by atoms with Crippen molar-refractivity contribution in [3.05, 3.63) is 94.5 Å². The van der Waals surface area contributed by atoms with Gasteiger partial charge in [0, 0.05) is 12.0 Å². The van der Waals surface area contributed by atoms with Gasteiger partial charge in [-0.2, -0.15) is 0 Å². The molecule has 196 valence electrons. The van der Waals surface area contributed by atoms with Crippen LogP contribution in [0.2, 0.25) is 0 Å². The Morgan fingerprint density at radius 2 is 1.92 bits per heavy atom. The Kier molecular flexibility index (Phi) is 6.31. The number of carbonyl (C=O) groups excluding carboxylic acids is 1. The van der Waals surface area contributed by atoms with Gasteiger partial charge in [-0.25, -0.2) is 14.4 Å². The van der Waals surface area contributed by atoms with Crippen molar-refractivity contribution in [2.75, 3.05) is 6.61 Å². The SMILES string of the molecule is CCOc1ccc(-c2nnc(C3CC(NC(=O)c4cccc5[nH]c(=O)cnc45)C3)n2-c2ccccc2F)nc1. The summed E-state index contributed by atoms with van der Waals surface area (Å²) in [5.41, 5.74) is 1.83. The predicted molar refractivity (Wildman–Crippen MR) is 141 cm³/mol. The van der Waals surface area contributed by atoms with Crippen molar-refractivity contribution in [3.63, 3.8) is 0 Å². The number of pyridine rings is 1. The van der Waals surface area contributed by atoms with Gasteiger partial charge in [0.15, 0.2) is 5.82 Å². The van der Waals surface area contributed by atoms with Crippen LogP contribution < -0.4 is 15.6 Å². The standard InChI is InChI=1S/C28H24FN7O3/c1-2-39-18-10-11-22(30-14-18)27-35-34-26(36(27)23-9-4-3-7-20(23)29)16-12-17(13-16)32-28(38)19-6-5-8-21-25(19)31-15-24(37)33-21/h3-11,14-17H,2,12-13H2,1H3,(H,32,38)(H,33,37). The second kappa shape index (κ2) is 10.1. The quantitative estimate of drug-likeness (QED) is 0.331. The lowest BCUT2D eigenvalue weighted by molar-refractivity contribution is 0.0908. The third-order valence-electron chi connectivity index (χ3n) is 6.75. The highest BCUT2D eigenvalue weighted by Crippen LogP contribution is 2.39. The summed E-state index contributed by atoms with van der Waals surface area (Å²) in [6.07, 6.45) is 3.96. The first-order valence-corrected chi connectivity index (χ1v) is 12.6. The van der Waals surface area contributed by atoms with Crippen LogP contribution in [-0.2, 0) is 0 Å². The first-order valence-electron chi connectivity index (χ1n) is 12.6. The summed E-state index contributed by atoms with van der Waals surface area (Å²) in [5.74, 6) is 0.904. The van der Waals surface area contributed by atoms with Gasteiger partial charge in [-0.15, -0.1) is 10.2 Å². The molecule has 0 bridgehead atoms. The topological polar surface area (TPSA) is 128 Å². The zero-order chi connectivity index (χ0) is 26.9. The van der Waals surface area contributed by atoms with Crippen LogP contribution in [0.3, 0.4) is 0 Å². The van der Waals surface area contributed by atoms with Crippen molar-refractivity contribution in [1.29, 1.82) is 0 Å². The first-order chi connectivity index (χ1) is 19.0. The van der Waals surface area contributed by atoms with Crippen molar-refractivity contribution in [3.8, 4) is 23.0 Å². The molecule has 11 heteroatoms. The van der Waals surface area contributed by atoms with Gasteiger partial charge in [0.2, 0.25) is 0 Å². The Morgan fingerprint density at radius 3 is 2.69 bits per heavy atom. The number of nitrogens with one attached hydrogen (secondary N) is 2. The summed E-state index contributed by atoms with van der Waals surface area (Å²) in [7, 11) is 0. The maximum absolute atomic E-state index is 15.0. The Bertz CT molecular complexity index is 1730. The molecule has 3 aromatic heterocycles. The van der Waals surface area contributed by atoms with Crippen LogP contribution in [-0.4, -0.2) is 48.3 Å². The van der Waals surface area contributed by atoms with Crippen LogP contribution in [0.4, 0.5) is 4.39 Å². The summed E-state index contributed by atoms with van der Waals surface area (Å²) in [4.78, 5) is 35.9. The molecular formula is C28H24FN7O3. The molecule has 1 fully saturated rings. The fourth-order valence-electron chi connectivity index (χ4n) is 4.83. The summed E-state index contributed by atoms with van der Waals surface area (Å²) in [6, 6.07) is 15.0. The normalized spacial score (nSPS) is 16.6. The minimum Gasteiger partial charge on any atom is -0.492 e. The van der Waals surface area contributed by atoms with E-state index in [9.17, 15) is 14.0 Å². The van der Waals surface area contributed by atoms with Gasteiger partial charge in [-0.1, -0.05) is 18.2 Å². The zero-order valence-corrected chi connectivity index (χ0v) is 21.0. The number of carbonyl (C=O) groups is 1. The average Bonchev–Trinajstić information content (AvgIpc) is 3.35. The van der Waals surface area contributed by atoms with E-state index in [-0.39, 0.29) is 23.4 Å². The number of ether oxygens (including phenoxy) is 1. The zero-order valence-electron chi connectivity index (χ0n) is 21.0.